The lowest BCUT2D eigenvalue weighted by molar-refractivity contribution is -0.274. The Labute approximate surface area is 84.8 Å². The summed E-state index contributed by atoms with van der Waals surface area (Å²) in [7, 11) is 1.71. The first-order valence-corrected chi connectivity index (χ1v) is 5.31. The highest BCUT2D eigenvalue weighted by Gasteiger charge is 2.67. The van der Waals surface area contributed by atoms with Crippen molar-refractivity contribution in [3.8, 4) is 0 Å². The Morgan fingerprint density at radius 2 is 2.14 bits per heavy atom. The number of rotatable bonds is 1. The molecule has 14 heavy (non-hydrogen) atoms. The first-order chi connectivity index (χ1) is 6.54. The quantitative estimate of drug-likeness (QED) is 0.604. The number of carbonyl (C=O) groups excluding carboxylic acids is 1. The van der Waals surface area contributed by atoms with Gasteiger partial charge in [0.1, 0.15) is 5.41 Å². The fraction of sp³-hybridized carbons (Fsp3) is 0.909. The summed E-state index contributed by atoms with van der Waals surface area (Å²) in [6.07, 6.45) is 4.35. The van der Waals surface area contributed by atoms with Crippen molar-refractivity contribution in [3.05, 3.63) is 0 Å². The van der Waals surface area contributed by atoms with Crippen molar-refractivity contribution in [2.45, 2.75) is 51.2 Å². The average Bonchev–Trinajstić information content (AvgIpc) is 2.18. The highest BCUT2D eigenvalue weighted by molar-refractivity contribution is 5.84. The zero-order valence-electron chi connectivity index (χ0n) is 9.13. The molecule has 0 bridgehead atoms. The van der Waals surface area contributed by atoms with E-state index >= 15 is 0 Å². The third-order valence-corrected chi connectivity index (χ3v) is 3.91. The molecule has 1 saturated heterocycles. The lowest BCUT2D eigenvalue weighted by Crippen LogP contribution is -2.70. The number of methoxy groups -OCH3 is 1. The largest absolute Gasteiger partial charge is 0.455 e. The van der Waals surface area contributed by atoms with Crippen LogP contribution in [0.15, 0.2) is 0 Å². The maximum Gasteiger partial charge on any atom is 0.316 e. The van der Waals surface area contributed by atoms with Crippen LogP contribution in [0.4, 0.5) is 0 Å². The molecule has 0 aromatic carbocycles. The number of hydrogen-bond donors (Lipinski definition) is 0. The highest BCUT2D eigenvalue weighted by atomic mass is 16.6. The van der Waals surface area contributed by atoms with Crippen LogP contribution in [0.2, 0.25) is 0 Å². The van der Waals surface area contributed by atoms with Gasteiger partial charge in [0.05, 0.1) is 6.10 Å². The Bertz CT molecular complexity index is 259. The summed E-state index contributed by atoms with van der Waals surface area (Å²) in [5.41, 5.74) is -0.703. The molecule has 2 rings (SSSR count). The molecule has 1 spiro atoms. The van der Waals surface area contributed by atoms with E-state index in [9.17, 15) is 4.79 Å². The van der Waals surface area contributed by atoms with Gasteiger partial charge in [-0.15, -0.1) is 0 Å². The fourth-order valence-electron chi connectivity index (χ4n) is 2.80. The van der Waals surface area contributed by atoms with Gasteiger partial charge in [0.25, 0.3) is 0 Å². The molecule has 0 aromatic rings. The lowest BCUT2D eigenvalue weighted by atomic mass is 9.61. The van der Waals surface area contributed by atoms with Crippen LogP contribution in [0.25, 0.3) is 0 Å². The van der Waals surface area contributed by atoms with Crippen LogP contribution in [-0.2, 0) is 14.3 Å². The van der Waals surface area contributed by atoms with Gasteiger partial charge in [-0.25, -0.2) is 0 Å². The van der Waals surface area contributed by atoms with E-state index in [2.05, 4.69) is 0 Å². The molecule has 0 N–H and O–H groups in total. The zero-order chi connectivity index (χ0) is 10.4. The van der Waals surface area contributed by atoms with Crippen LogP contribution in [0.1, 0.15) is 39.5 Å². The molecule has 2 fully saturated rings. The predicted molar refractivity (Wildman–Crippen MR) is 51.9 cm³/mol. The van der Waals surface area contributed by atoms with Crippen LogP contribution < -0.4 is 0 Å². The van der Waals surface area contributed by atoms with Gasteiger partial charge in [0.2, 0.25) is 0 Å². The number of hydrogen-bond acceptors (Lipinski definition) is 3. The lowest BCUT2D eigenvalue weighted by Gasteiger charge is -2.58. The molecule has 0 amide bonds. The number of ether oxygens (including phenoxy) is 2. The van der Waals surface area contributed by atoms with E-state index in [4.69, 9.17) is 9.47 Å². The van der Waals surface area contributed by atoms with Crippen LogP contribution in [0, 0.1) is 5.41 Å². The third kappa shape index (κ3) is 0.991. The summed E-state index contributed by atoms with van der Waals surface area (Å²) >= 11 is 0. The van der Waals surface area contributed by atoms with Crippen LogP contribution in [0.5, 0.6) is 0 Å². The van der Waals surface area contributed by atoms with Gasteiger partial charge in [-0.2, -0.15) is 0 Å². The van der Waals surface area contributed by atoms with E-state index in [0.717, 1.165) is 19.3 Å². The number of carbonyl (C=O) groups is 1. The second-order valence-corrected chi connectivity index (χ2v) is 4.87. The molecule has 1 heterocycles. The normalized spacial score (nSPS) is 40.5. The zero-order valence-corrected chi connectivity index (χ0v) is 9.13. The molecule has 0 radical (unpaired) electrons. The molecule has 3 nitrogen and oxygen atoms in total. The van der Waals surface area contributed by atoms with E-state index in [1.54, 1.807) is 7.11 Å². The highest BCUT2D eigenvalue weighted by Crippen LogP contribution is 2.54. The van der Waals surface area contributed by atoms with Crippen molar-refractivity contribution in [1.82, 2.24) is 0 Å². The van der Waals surface area contributed by atoms with Gasteiger partial charge in [0.15, 0.2) is 5.60 Å². The predicted octanol–water partition coefficient (Wildman–Crippen LogP) is 1.90. The number of esters is 1. The summed E-state index contributed by atoms with van der Waals surface area (Å²) in [6, 6.07) is 0. The van der Waals surface area contributed by atoms with Crippen molar-refractivity contribution in [1.29, 1.82) is 0 Å². The monoisotopic (exact) mass is 198 g/mol. The summed E-state index contributed by atoms with van der Waals surface area (Å²) in [6.45, 7) is 3.94. The van der Waals surface area contributed by atoms with E-state index in [1.807, 2.05) is 13.8 Å². The summed E-state index contributed by atoms with van der Waals surface area (Å²) in [4.78, 5) is 11.4. The maximum absolute atomic E-state index is 11.4. The summed E-state index contributed by atoms with van der Waals surface area (Å²) < 4.78 is 10.9. The van der Waals surface area contributed by atoms with Crippen molar-refractivity contribution >= 4 is 5.97 Å². The van der Waals surface area contributed by atoms with E-state index < -0.39 is 0 Å². The minimum absolute atomic E-state index is 0.0820. The van der Waals surface area contributed by atoms with Crippen molar-refractivity contribution in [3.63, 3.8) is 0 Å². The molecular weight excluding hydrogens is 180 g/mol. The minimum atomic E-state index is -0.367. The van der Waals surface area contributed by atoms with Gasteiger partial charge in [-0.05, 0) is 33.1 Å². The molecule has 0 aromatic heterocycles. The fourth-order valence-corrected chi connectivity index (χ4v) is 2.80. The molecule has 1 aliphatic carbocycles. The van der Waals surface area contributed by atoms with Crippen molar-refractivity contribution in [2.75, 3.05) is 7.11 Å². The average molecular weight is 198 g/mol. The molecule has 0 unspecified atom stereocenters. The molecular formula is C11H18O3. The molecule has 2 atom stereocenters. The Morgan fingerprint density at radius 3 is 2.64 bits per heavy atom. The molecule has 1 saturated carbocycles. The van der Waals surface area contributed by atoms with Crippen LogP contribution in [-0.4, -0.2) is 24.8 Å². The Morgan fingerprint density at radius 1 is 1.43 bits per heavy atom. The topological polar surface area (TPSA) is 35.5 Å². The summed E-state index contributed by atoms with van der Waals surface area (Å²) in [5.74, 6) is -0.0820. The third-order valence-electron chi connectivity index (χ3n) is 3.91. The Kier molecular flexibility index (Phi) is 2.11. The minimum Gasteiger partial charge on any atom is -0.455 e. The Balaban J connectivity index is 2.25. The molecule has 3 heteroatoms. The van der Waals surface area contributed by atoms with Gasteiger partial charge >= 0.3 is 5.97 Å². The van der Waals surface area contributed by atoms with Gasteiger partial charge < -0.3 is 9.47 Å². The standard InChI is InChI=1S/C11H18O3/c1-10(2)9(12)14-11(10)7-5-4-6-8(11)13-3/h8H,4-7H2,1-3H3/t8-,11-/m0/s1. The molecule has 2 aliphatic rings. The van der Waals surface area contributed by atoms with Crippen LogP contribution in [0.3, 0.4) is 0 Å². The first-order valence-electron chi connectivity index (χ1n) is 5.31. The van der Waals surface area contributed by atoms with E-state index in [-0.39, 0.29) is 23.1 Å². The second kappa shape index (κ2) is 2.96. The maximum atomic E-state index is 11.4. The molecule has 1 aliphatic heterocycles. The first kappa shape index (κ1) is 9.97. The summed E-state index contributed by atoms with van der Waals surface area (Å²) in [5, 5.41) is 0. The van der Waals surface area contributed by atoms with Crippen LogP contribution >= 0.6 is 0 Å². The molecule has 80 valence electrons. The van der Waals surface area contributed by atoms with Crippen molar-refractivity contribution < 1.29 is 14.3 Å². The van der Waals surface area contributed by atoms with E-state index in [1.165, 1.54) is 6.42 Å². The Hall–Kier alpha value is -0.570. The van der Waals surface area contributed by atoms with Gasteiger partial charge in [-0.1, -0.05) is 6.42 Å². The van der Waals surface area contributed by atoms with E-state index in [0.29, 0.717) is 0 Å². The SMILES string of the molecule is CO[C@H]1CCCC[C@]12OC(=O)C2(C)C. The smallest absolute Gasteiger partial charge is 0.316 e. The van der Waals surface area contributed by atoms with Gasteiger partial charge in [0, 0.05) is 7.11 Å². The second-order valence-electron chi connectivity index (χ2n) is 4.87. The van der Waals surface area contributed by atoms with Gasteiger partial charge in [-0.3, -0.25) is 4.79 Å². The van der Waals surface area contributed by atoms with Crippen molar-refractivity contribution in [2.24, 2.45) is 5.41 Å².